The number of rotatable bonds is 2. The van der Waals surface area contributed by atoms with Crippen LogP contribution in [0.15, 0.2) is 23.0 Å². The summed E-state index contributed by atoms with van der Waals surface area (Å²) < 4.78 is 0. The summed E-state index contributed by atoms with van der Waals surface area (Å²) in [6.07, 6.45) is 2.80. The molecule has 1 aromatic heterocycles. The number of aromatic nitrogens is 1. The smallest absolute Gasteiger partial charge is 0.345 e. The molecule has 7 nitrogen and oxygen atoms in total. The number of hydrogen-bond acceptors (Lipinski definition) is 5. The van der Waals surface area contributed by atoms with Crippen molar-refractivity contribution in [3.8, 4) is 17.0 Å². The topological polar surface area (TPSA) is 106 Å². The van der Waals surface area contributed by atoms with Crippen molar-refractivity contribution in [2.24, 2.45) is 0 Å². The molecule has 1 fully saturated rings. The minimum absolute atomic E-state index is 0.423. The summed E-state index contributed by atoms with van der Waals surface area (Å²) in [5.74, 6) is -1.87. The van der Waals surface area contributed by atoms with Gasteiger partial charge in [0, 0.05) is 42.1 Å². The van der Waals surface area contributed by atoms with Crippen LogP contribution >= 0.6 is 0 Å². The highest BCUT2D eigenvalue weighted by Gasteiger charge is 2.25. The van der Waals surface area contributed by atoms with Gasteiger partial charge in [-0.3, -0.25) is 4.79 Å². The number of hydrogen-bond donors (Lipinski definition) is 4. The van der Waals surface area contributed by atoms with Crippen LogP contribution in [0.2, 0.25) is 0 Å². The van der Waals surface area contributed by atoms with Gasteiger partial charge in [-0.25, -0.2) is 4.79 Å². The second-order valence-electron chi connectivity index (χ2n) is 6.44. The van der Waals surface area contributed by atoms with Crippen LogP contribution < -0.4 is 15.8 Å². The zero-order valence-electron chi connectivity index (χ0n) is 13.6. The summed E-state index contributed by atoms with van der Waals surface area (Å²) in [5.41, 5.74) is 2.32. The quantitative estimate of drug-likeness (QED) is 0.666. The summed E-state index contributed by atoms with van der Waals surface area (Å²) in [6.45, 7) is 2.62. The highest BCUT2D eigenvalue weighted by atomic mass is 16.4. The Bertz CT molecular complexity index is 913. The molecule has 4 rings (SSSR count). The van der Waals surface area contributed by atoms with Crippen LogP contribution in [0.3, 0.4) is 0 Å². The Morgan fingerprint density at radius 2 is 1.96 bits per heavy atom. The van der Waals surface area contributed by atoms with Crippen molar-refractivity contribution in [1.29, 1.82) is 0 Å². The number of aromatic amines is 1. The lowest BCUT2D eigenvalue weighted by molar-refractivity contribution is 0.0691. The first-order valence-corrected chi connectivity index (χ1v) is 8.41. The lowest BCUT2D eigenvalue weighted by Crippen LogP contribution is -2.20. The number of aromatic carboxylic acids is 1. The number of pyridine rings is 1. The van der Waals surface area contributed by atoms with Gasteiger partial charge in [-0.15, -0.1) is 0 Å². The summed E-state index contributed by atoms with van der Waals surface area (Å²) in [7, 11) is 0. The maximum Gasteiger partial charge on any atom is 0.345 e. The summed E-state index contributed by atoms with van der Waals surface area (Å²) in [5, 5.41) is 22.8. The van der Waals surface area contributed by atoms with E-state index in [1.54, 1.807) is 0 Å². The van der Waals surface area contributed by atoms with E-state index >= 15 is 0 Å². The van der Waals surface area contributed by atoms with E-state index < -0.39 is 22.8 Å². The van der Waals surface area contributed by atoms with Crippen LogP contribution in [0.5, 0.6) is 5.75 Å². The fraction of sp³-hybridized carbons (Fsp3) is 0.333. The van der Waals surface area contributed by atoms with Crippen molar-refractivity contribution < 1.29 is 15.0 Å². The van der Waals surface area contributed by atoms with Crippen LogP contribution in [-0.2, 0) is 6.42 Å². The highest BCUT2D eigenvalue weighted by molar-refractivity contribution is 5.93. The molecule has 0 aliphatic carbocycles. The number of carbonyl (C=O) groups is 1. The van der Waals surface area contributed by atoms with Crippen molar-refractivity contribution in [2.45, 2.75) is 19.3 Å². The average Bonchev–Trinajstić information content (AvgIpc) is 3.04. The van der Waals surface area contributed by atoms with Crippen LogP contribution in [0.4, 0.5) is 11.4 Å². The van der Waals surface area contributed by atoms with Gasteiger partial charge in [0.1, 0.15) is 5.75 Å². The zero-order valence-corrected chi connectivity index (χ0v) is 13.6. The Balaban J connectivity index is 1.87. The van der Waals surface area contributed by atoms with Gasteiger partial charge >= 0.3 is 5.97 Å². The van der Waals surface area contributed by atoms with E-state index in [1.807, 2.05) is 12.1 Å². The van der Waals surface area contributed by atoms with Gasteiger partial charge in [-0.2, -0.15) is 0 Å². The van der Waals surface area contributed by atoms with Gasteiger partial charge in [-0.05, 0) is 37.5 Å². The minimum Gasteiger partial charge on any atom is -0.506 e. The Morgan fingerprint density at radius 3 is 2.68 bits per heavy atom. The molecular weight excluding hydrogens is 322 g/mol. The largest absolute Gasteiger partial charge is 0.506 e. The van der Waals surface area contributed by atoms with Crippen molar-refractivity contribution >= 4 is 17.3 Å². The summed E-state index contributed by atoms with van der Waals surface area (Å²) in [4.78, 5) is 28.4. The SMILES string of the molecule is O=C(O)c1c(O)c2c([nH]c1=O)-c1ccc(N3CCCC3)cc1NCC2. The van der Waals surface area contributed by atoms with Crippen LogP contribution in [0.1, 0.15) is 28.8 Å². The maximum absolute atomic E-state index is 12.1. The number of carboxylic acid groups (broad SMARTS) is 1. The number of fused-ring (bicyclic) bond motifs is 3. The first-order valence-electron chi connectivity index (χ1n) is 8.41. The van der Waals surface area contributed by atoms with Crippen LogP contribution in [-0.4, -0.2) is 40.8 Å². The third-order valence-corrected chi connectivity index (χ3v) is 4.94. The first kappa shape index (κ1) is 15.6. The molecule has 2 aliphatic rings. The van der Waals surface area contributed by atoms with Gasteiger partial charge in [0.2, 0.25) is 0 Å². The van der Waals surface area contributed by atoms with E-state index in [-0.39, 0.29) is 0 Å². The highest BCUT2D eigenvalue weighted by Crippen LogP contribution is 2.38. The summed E-state index contributed by atoms with van der Waals surface area (Å²) >= 11 is 0. The molecule has 2 aromatic rings. The molecule has 1 saturated heterocycles. The number of H-pyrrole nitrogens is 1. The van der Waals surface area contributed by atoms with Crippen LogP contribution in [0, 0.1) is 0 Å². The molecule has 0 amide bonds. The Labute approximate surface area is 143 Å². The standard InChI is InChI=1S/C18H19N3O4/c22-16-12-5-6-19-13-9-10(21-7-1-2-8-21)3-4-11(13)15(12)20-17(23)14(16)18(24)25/h3-4,9,19H,1-2,5-8H2,(H,24,25)(H2,20,22,23). The van der Waals surface area contributed by atoms with Crippen molar-refractivity contribution in [3.63, 3.8) is 0 Å². The van der Waals surface area contributed by atoms with E-state index in [0.29, 0.717) is 24.2 Å². The van der Waals surface area contributed by atoms with Gasteiger partial charge in [0.25, 0.3) is 5.56 Å². The van der Waals surface area contributed by atoms with E-state index in [2.05, 4.69) is 21.3 Å². The third-order valence-electron chi connectivity index (χ3n) is 4.94. The fourth-order valence-corrected chi connectivity index (χ4v) is 3.69. The van der Waals surface area contributed by atoms with Crippen molar-refractivity contribution in [2.75, 3.05) is 29.9 Å². The average molecular weight is 341 g/mol. The summed E-state index contributed by atoms with van der Waals surface area (Å²) in [6, 6.07) is 5.97. The molecule has 3 heterocycles. The maximum atomic E-state index is 12.1. The van der Waals surface area contributed by atoms with Gasteiger partial charge in [-0.1, -0.05) is 0 Å². The van der Waals surface area contributed by atoms with Gasteiger partial charge in [0.15, 0.2) is 5.56 Å². The molecule has 2 aliphatic heterocycles. The van der Waals surface area contributed by atoms with Crippen LogP contribution in [0.25, 0.3) is 11.3 Å². The molecule has 4 N–H and O–H groups in total. The molecule has 0 unspecified atom stereocenters. The predicted molar refractivity (Wildman–Crippen MR) is 94.8 cm³/mol. The second-order valence-corrected chi connectivity index (χ2v) is 6.44. The van der Waals surface area contributed by atoms with Crippen molar-refractivity contribution in [3.05, 3.63) is 39.7 Å². The number of benzene rings is 1. The Morgan fingerprint density at radius 1 is 1.20 bits per heavy atom. The van der Waals surface area contributed by atoms with Crippen molar-refractivity contribution in [1.82, 2.24) is 4.98 Å². The molecular formula is C18H19N3O4. The zero-order chi connectivity index (χ0) is 17.6. The molecule has 0 saturated carbocycles. The molecule has 7 heteroatoms. The molecule has 25 heavy (non-hydrogen) atoms. The molecule has 0 spiro atoms. The number of nitrogens with zero attached hydrogens (tertiary/aromatic N) is 1. The lowest BCUT2D eigenvalue weighted by atomic mass is 10.00. The normalized spacial score (nSPS) is 15.9. The monoisotopic (exact) mass is 341 g/mol. The number of nitrogens with one attached hydrogen (secondary N) is 2. The number of carboxylic acids is 1. The molecule has 0 atom stereocenters. The lowest BCUT2D eigenvalue weighted by Gasteiger charge is -2.20. The Kier molecular flexibility index (Phi) is 3.63. The van der Waals surface area contributed by atoms with E-state index in [1.165, 1.54) is 12.8 Å². The second kappa shape index (κ2) is 5.84. The first-order chi connectivity index (χ1) is 12.1. The number of anilines is 2. The molecule has 0 radical (unpaired) electrons. The fourth-order valence-electron chi connectivity index (χ4n) is 3.69. The Hall–Kier alpha value is -2.96. The van der Waals surface area contributed by atoms with E-state index in [0.717, 1.165) is 30.0 Å². The molecule has 1 aromatic carbocycles. The van der Waals surface area contributed by atoms with Gasteiger partial charge in [0.05, 0.1) is 5.69 Å². The number of aromatic hydroxyl groups is 1. The molecule has 0 bridgehead atoms. The predicted octanol–water partition coefficient (Wildman–Crippen LogP) is 2.01. The van der Waals surface area contributed by atoms with E-state index in [4.69, 9.17) is 0 Å². The third kappa shape index (κ3) is 2.52. The molecule has 130 valence electrons. The minimum atomic E-state index is -1.43. The van der Waals surface area contributed by atoms with E-state index in [9.17, 15) is 19.8 Å². The van der Waals surface area contributed by atoms with Gasteiger partial charge < -0.3 is 25.4 Å².